The number of nitrogens with zero attached hydrogens (tertiary/aromatic N) is 1. The molecule has 8 heteroatoms. The summed E-state index contributed by atoms with van der Waals surface area (Å²) in [4.78, 5) is 17.0. The first-order chi connectivity index (χ1) is 12.6. The van der Waals surface area contributed by atoms with Gasteiger partial charge in [-0.3, -0.25) is 4.79 Å². The number of hydrogen-bond donors (Lipinski definition) is 3. The van der Waals surface area contributed by atoms with Gasteiger partial charge in [-0.05, 0) is 43.4 Å². The van der Waals surface area contributed by atoms with Crippen LogP contribution in [-0.2, 0) is 11.3 Å². The molecule has 0 aliphatic rings. The number of nitrogens with one attached hydrogen (secondary N) is 2. The van der Waals surface area contributed by atoms with Crippen molar-refractivity contribution in [3.8, 4) is 5.75 Å². The highest BCUT2D eigenvalue weighted by Crippen LogP contribution is 2.19. The minimum Gasteiger partial charge on any atom is -0.494 e. The molecule has 0 saturated heterocycles. The van der Waals surface area contributed by atoms with Crippen LogP contribution in [0.15, 0.2) is 29.1 Å². The van der Waals surface area contributed by atoms with Gasteiger partial charge >= 0.3 is 0 Å². The number of aliphatic hydroxyl groups excluding tert-OH is 1. The Morgan fingerprint density at radius 2 is 2.19 bits per heavy atom. The first-order valence-corrected chi connectivity index (χ1v) is 8.91. The predicted octanol–water partition coefficient (Wildman–Crippen LogP) is 1.24. The van der Waals surface area contributed by atoms with Crippen molar-refractivity contribution < 1.29 is 14.6 Å². The van der Waals surface area contributed by atoms with Crippen LogP contribution in [0.3, 0.4) is 0 Å². The van der Waals surface area contributed by atoms with Gasteiger partial charge < -0.3 is 29.8 Å². The van der Waals surface area contributed by atoms with E-state index in [4.69, 9.17) is 21.7 Å². The summed E-state index contributed by atoms with van der Waals surface area (Å²) in [6.07, 6.45) is 0. The minimum absolute atomic E-state index is 0.0634. The lowest BCUT2D eigenvalue weighted by Gasteiger charge is -2.25. The highest BCUT2D eigenvalue weighted by molar-refractivity contribution is 7.80. The molecule has 2 aromatic rings. The number of rotatable bonds is 9. The molecule has 0 aliphatic carbocycles. The number of aromatic nitrogens is 1. The predicted molar refractivity (Wildman–Crippen MR) is 106 cm³/mol. The number of aromatic amines is 1. The number of H-pyrrole nitrogens is 1. The Kier molecular flexibility index (Phi) is 7.83. The average molecular weight is 379 g/mol. The highest BCUT2D eigenvalue weighted by atomic mass is 32.1. The number of hydrogen-bond acceptors (Lipinski definition) is 5. The Balaban J connectivity index is 2.23. The number of aliphatic hydroxyl groups is 1. The fraction of sp³-hybridized carbons (Fsp3) is 0.444. The summed E-state index contributed by atoms with van der Waals surface area (Å²) in [5, 5.41) is 13.7. The summed E-state index contributed by atoms with van der Waals surface area (Å²) in [6, 6.07) is 7.38. The average Bonchev–Trinajstić information content (AvgIpc) is 2.62. The molecule has 0 saturated carbocycles. The summed E-state index contributed by atoms with van der Waals surface area (Å²) in [6.45, 7) is 4.14. The van der Waals surface area contributed by atoms with Gasteiger partial charge in [-0.15, -0.1) is 0 Å². The Hall–Kier alpha value is -2.16. The highest BCUT2D eigenvalue weighted by Gasteiger charge is 2.13. The van der Waals surface area contributed by atoms with Crippen LogP contribution in [0, 0.1) is 0 Å². The van der Waals surface area contributed by atoms with Gasteiger partial charge in [-0.1, -0.05) is 0 Å². The standard InChI is InChI=1S/C18H25N3O4S/c1-3-25-15-4-5-16-13(11-15)10-14(17(23)20-16)12-21(7-8-22)18(26)19-6-9-24-2/h4-5,10-11,22H,3,6-9,12H2,1-2H3,(H,19,26)(H,20,23). The van der Waals surface area contributed by atoms with Gasteiger partial charge in [0.25, 0.3) is 5.56 Å². The zero-order valence-electron chi connectivity index (χ0n) is 15.1. The molecule has 1 heterocycles. The first kappa shape index (κ1) is 20.2. The lowest BCUT2D eigenvalue weighted by molar-refractivity contribution is 0.201. The fourth-order valence-corrected chi connectivity index (χ4v) is 2.81. The third kappa shape index (κ3) is 5.42. The Morgan fingerprint density at radius 3 is 2.88 bits per heavy atom. The molecule has 26 heavy (non-hydrogen) atoms. The maximum atomic E-state index is 12.4. The van der Waals surface area contributed by atoms with Crippen molar-refractivity contribution in [2.75, 3.05) is 40.0 Å². The van der Waals surface area contributed by atoms with E-state index in [-0.39, 0.29) is 12.2 Å². The van der Waals surface area contributed by atoms with Crippen molar-refractivity contribution in [3.63, 3.8) is 0 Å². The number of fused-ring (bicyclic) bond motifs is 1. The van der Waals surface area contributed by atoms with E-state index in [0.717, 1.165) is 16.7 Å². The molecule has 0 fully saturated rings. The van der Waals surface area contributed by atoms with E-state index >= 15 is 0 Å². The number of pyridine rings is 1. The SMILES string of the molecule is CCOc1ccc2[nH]c(=O)c(CN(CCO)C(=S)NCCOC)cc2c1. The lowest BCUT2D eigenvalue weighted by atomic mass is 10.1. The smallest absolute Gasteiger partial charge is 0.253 e. The van der Waals surface area contributed by atoms with Gasteiger partial charge in [-0.25, -0.2) is 0 Å². The van der Waals surface area contributed by atoms with Crippen LogP contribution in [0.1, 0.15) is 12.5 Å². The molecule has 0 amide bonds. The molecule has 0 spiro atoms. The maximum absolute atomic E-state index is 12.4. The van der Waals surface area contributed by atoms with Crippen LogP contribution in [-0.4, -0.2) is 60.1 Å². The Morgan fingerprint density at radius 1 is 1.38 bits per heavy atom. The molecule has 3 N–H and O–H groups in total. The Bertz CT molecular complexity index is 794. The summed E-state index contributed by atoms with van der Waals surface area (Å²) >= 11 is 5.36. The van der Waals surface area contributed by atoms with E-state index in [9.17, 15) is 9.90 Å². The largest absolute Gasteiger partial charge is 0.494 e. The van der Waals surface area contributed by atoms with E-state index in [0.29, 0.717) is 43.5 Å². The van der Waals surface area contributed by atoms with Gasteiger partial charge in [0, 0.05) is 36.7 Å². The number of methoxy groups -OCH3 is 1. The van der Waals surface area contributed by atoms with Crippen molar-refractivity contribution in [3.05, 3.63) is 40.2 Å². The summed E-state index contributed by atoms with van der Waals surface area (Å²) < 4.78 is 10.5. The number of ether oxygens (including phenoxy) is 2. The van der Waals surface area contributed by atoms with Crippen LogP contribution in [0.4, 0.5) is 0 Å². The van der Waals surface area contributed by atoms with Crippen LogP contribution >= 0.6 is 12.2 Å². The summed E-state index contributed by atoms with van der Waals surface area (Å²) in [7, 11) is 1.61. The number of benzene rings is 1. The normalized spacial score (nSPS) is 10.7. The van der Waals surface area contributed by atoms with E-state index in [1.54, 1.807) is 12.0 Å². The van der Waals surface area contributed by atoms with E-state index in [1.165, 1.54) is 0 Å². The zero-order chi connectivity index (χ0) is 18.9. The van der Waals surface area contributed by atoms with Gasteiger partial charge in [0.2, 0.25) is 0 Å². The zero-order valence-corrected chi connectivity index (χ0v) is 15.9. The topological polar surface area (TPSA) is 86.8 Å². The fourth-order valence-electron chi connectivity index (χ4n) is 2.55. The third-order valence-corrected chi connectivity index (χ3v) is 4.21. The quantitative estimate of drug-likeness (QED) is 0.446. The monoisotopic (exact) mass is 379 g/mol. The van der Waals surface area contributed by atoms with E-state index in [1.807, 2.05) is 31.2 Å². The molecular weight excluding hydrogens is 354 g/mol. The van der Waals surface area contributed by atoms with Crippen LogP contribution in [0.25, 0.3) is 10.9 Å². The second kappa shape index (κ2) is 10.1. The molecule has 1 aromatic carbocycles. The maximum Gasteiger partial charge on any atom is 0.253 e. The van der Waals surface area contributed by atoms with E-state index < -0.39 is 0 Å². The van der Waals surface area contributed by atoms with Crippen molar-refractivity contribution in [1.82, 2.24) is 15.2 Å². The van der Waals surface area contributed by atoms with Crippen LogP contribution in [0.2, 0.25) is 0 Å². The van der Waals surface area contributed by atoms with Crippen molar-refractivity contribution >= 4 is 28.2 Å². The molecule has 1 aromatic heterocycles. The first-order valence-electron chi connectivity index (χ1n) is 8.50. The number of thiocarbonyl (C=S) groups is 1. The second-order valence-corrected chi connectivity index (χ2v) is 6.06. The second-order valence-electron chi connectivity index (χ2n) is 5.68. The molecular formula is C18H25N3O4S. The summed E-state index contributed by atoms with van der Waals surface area (Å²) in [5.74, 6) is 0.752. The van der Waals surface area contributed by atoms with Gasteiger partial charge in [-0.2, -0.15) is 0 Å². The van der Waals surface area contributed by atoms with E-state index in [2.05, 4.69) is 10.3 Å². The van der Waals surface area contributed by atoms with Gasteiger partial charge in [0.15, 0.2) is 5.11 Å². The van der Waals surface area contributed by atoms with Crippen molar-refractivity contribution in [2.45, 2.75) is 13.5 Å². The molecule has 0 aliphatic heterocycles. The molecule has 7 nitrogen and oxygen atoms in total. The van der Waals surface area contributed by atoms with Crippen molar-refractivity contribution in [2.24, 2.45) is 0 Å². The third-order valence-electron chi connectivity index (χ3n) is 3.80. The molecule has 2 rings (SSSR count). The van der Waals surface area contributed by atoms with Crippen LogP contribution in [0.5, 0.6) is 5.75 Å². The molecule has 0 bridgehead atoms. The molecule has 0 unspecified atom stereocenters. The lowest BCUT2D eigenvalue weighted by Crippen LogP contribution is -2.42. The van der Waals surface area contributed by atoms with Gasteiger partial charge in [0.05, 0.1) is 26.4 Å². The molecule has 0 radical (unpaired) electrons. The van der Waals surface area contributed by atoms with Crippen LogP contribution < -0.4 is 15.6 Å². The molecule has 142 valence electrons. The minimum atomic E-state index is -0.177. The Labute approximate surface area is 157 Å². The van der Waals surface area contributed by atoms with Gasteiger partial charge in [0.1, 0.15) is 5.75 Å². The molecule has 0 atom stereocenters. The van der Waals surface area contributed by atoms with Crippen molar-refractivity contribution in [1.29, 1.82) is 0 Å². The summed E-state index contributed by atoms with van der Waals surface area (Å²) in [5.41, 5.74) is 1.14.